The van der Waals surface area contributed by atoms with Crippen molar-refractivity contribution in [2.24, 2.45) is 0 Å². The zero-order valence-electron chi connectivity index (χ0n) is 13.0. The fourth-order valence-corrected chi connectivity index (χ4v) is 2.11. The lowest BCUT2D eigenvalue weighted by molar-refractivity contribution is -0.138. The van der Waals surface area contributed by atoms with Crippen LogP contribution >= 0.6 is 0 Å². The first-order chi connectivity index (χ1) is 10.7. The summed E-state index contributed by atoms with van der Waals surface area (Å²) in [5.74, 6) is -0.286. The third-order valence-corrected chi connectivity index (χ3v) is 3.18. The molecule has 3 heteroatoms. The van der Waals surface area contributed by atoms with Crippen molar-refractivity contribution >= 4 is 17.7 Å². The van der Waals surface area contributed by atoms with Crippen LogP contribution in [0.15, 0.2) is 60.2 Å². The Morgan fingerprint density at radius 1 is 1.14 bits per heavy atom. The highest BCUT2D eigenvalue weighted by atomic mass is 16.5. The van der Waals surface area contributed by atoms with Crippen LogP contribution in [0, 0.1) is 6.92 Å². The number of ether oxygens (including phenoxy) is 1. The third kappa shape index (κ3) is 4.77. The lowest BCUT2D eigenvalue weighted by Crippen LogP contribution is -2.15. The summed E-state index contributed by atoms with van der Waals surface area (Å²) in [7, 11) is 0. The molecule has 2 rings (SSSR count). The molecule has 0 unspecified atom stereocenters. The van der Waals surface area contributed by atoms with Crippen LogP contribution < -0.4 is 5.32 Å². The van der Waals surface area contributed by atoms with E-state index in [-0.39, 0.29) is 5.97 Å². The molecule has 0 radical (unpaired) electrons. The van der Waals surface area contributed by atoms with Crippen molar-refractivity contribution in [3.05, 3.63) is 71.3 Å². The van der Waals surface area contributed by atoms with E-state index in [1.54, 1.807) is 0 Å². The van der Waals surface area contributed by atoms with Gasteiger partial charge < -0.3 is 10.1 Å². The minimum Gasteiger partial charge on any atom is -0.463 e. The molecule has 2 aromatic carbocycles. The standard InChI is InChI=1S/C19H21NO2/c1-3-22-19(21)17(13-16-9-5-4-6-10-16)14-20-18-11-7-8-15(2)12-18/h4-13,20H,3,14H2,1-2H3/b17-13+. The van der Waals surface area contributed by atoms with E-state index in [1.165, 1.54) is 5.56 Å². The van der Waals surface area contributed by atoms with Gasteiger partial charge in [0.25, 0.3) is 0 Å². The molecule has 0 atom stereocenters. The second-order valence-corrected chi connectivity index (χ2v) is 5.02. The Bertz CT molecular complexity index is 647. The lowest BCUT2D eigenvalue weighted by Gasteiger charge is -2.10. The van der Waals surface area contributed by atoms with Gasteiger partial charge in [0.2, 0.25) is 0 Å². The molecule has 0 heterocycles. The van der Waals surface area contributed by atoms with Gasteiger partial charge in [-0.2, -0.15) is 0 Å². The number of benzene rings is 2. The molecule has 1 N–H and O–H groups in total. The molecule has 0 aliphatic heterocycles. The zero-order chi connectivity index (χ0) is 15.8. The molecule has 3 nitrogen and oxygen atoms in total. The van der Waals surface area contributed by atoms with E-state index in [4.69, 9.17) is 4.74 Å². The van der Waals surface area contributed by atoms with Gasteiger partial charge in [0.05, 0.1) is 12.2 Å². The predicted molar refractivity (Wildman–Crippen MR) is 90.7 cm³/mol. The summed E-state index contributed by atoms with van der Waals surface area (Å²) >= 11 is 0. The van der Waals surface area contributed by atoms with Gasteiger partial charge in [0.1, 0.15) is 0 Å². The first-order valence-electron chi connectivity index (χ1n) is 7.42. The number of rotatable bonds is 6. The summed E-state index contributed by atoms with van der Waals surface area (Å²) in [5.41, 5.74) is 3.75. The van der Waals surface area contributed by atoms with Crippen molar-refractivity contribution in [3.63, 3.8) is 0 Å². The van der Waals surface area contributed by atoms with Crippen LogP contribution in [0.1, 0.15) is 18.1 Å². The summed E-state index contributed by atoms with van der Waals surface area (Å²) in [6.45, 7) is 4.65. The first kappa shape index (κ1) is 15.8. The monoisotopic (exact) mass is 295 g/mol. The van der Waals surface area contributed by atoms with Gasteiger partial charge in [-0.3, -0.25) is 0 Å². The van der Waals surface area contributed by atoms with E-state index < -0.39 is 0 Å². The van der Waals surface area contributed by atoms with Crippen LogP contribution in [0.25, 0.3) is 6.08 Å². The van der Waals surface area contributed by atoms with Crippen LogP contribution in [-0.2, 0) is 9.53 Å². The average Bonchev–Trinajstić information content (AvgIpc) is 2.52. The maximum absolute atomic E-state index is 12.1. The zero-order valence-corrected chi connectivity index (χ0v) is 13.0. The summed E-state index contributed by atoms with van der Waals surface area (Å²) in [5, 5.41) is 3.28. The van der Waals surface area contributed by atoms with Crippen LogP contribution in [-0.4, -0.2) is 19.1 Å². The Hall–Kier alpha value is -2.55. The van der Waals surface area contributed by atoms with Gasteiger partial charge in [-0.15, -0.1) is 0 Å². The molecule has 114 valence electrons. The molecular formula is C19H21NO2. The second-order valence-electron chi connectivity index (χ2n) is 5.02. The lowest BCUT2D eigenvalue weighted by atomic mass is 10.1. The highest BCUT2D eigenvalue weighted by molar-refractivity contribution is 5.94. The largest absolute Gasteiger partial charge is 0.463 e. The van der Waals surface area contributed by atoms with E-state index >= 15 is 0 Å². The predicted octanol–water partition coefficient (Wildman–Crippen LogP) is 4.05. The van der Waals surface area contributed by atoms with Crippen LogP contribution in [0.2, 0.25) is 0 Å². The third-order valence-electron chi connectivity index (χ3n) is 3.18. The summed E-state index contributed by atoms with van der Waals surface area (Å²) in [6, 6.07) is 17.8. The number of hydrogen-bond donors (Lipinski definition) is 1. The molecule has 2 aromatic rings. The molecule has 0 spiro atoms. The van der Waals surface area contributed by atoms with Gasteiger partial charge in [0.15, 0.2) is 0 Å². The summed E-state index contributed by atoms with van der Waals surface area (Å²) in [4.78, 5) is 12.1. The van der Waals surface area contributed by atoms with Gasteiger partial charge in [0, 0.05) is 12.2 Å². The number of esters is 1. The molecule has 0 fully saturated rings. The number of nitrogens with one attached hydrogen (secondary N) is 1. The summed E-state index contributed by atoms with van der Waals surface area (Å²) < 4.78 is 5.14. The maximum atomic E-state index is 12.1. The van der Waals surface area contributed by atoms with Crippen molar-refractivity contribution in [2.75, 3.05) is 18.5 Å². The van der Waals surface area contributed by atoms with E-state index in [2.05, 4.69) is 5.32 Å². The number of aryl methyl sites for hydroxylation is 1. The topological polar surface area (TPSA) is 38.3 Å². The molecule has 0 amide bonds. The van der Waals surface area contributed by atoms with E-state index in [1.807, 2.05) is 74.5 Å². The van der Waals surface area contributed by atoms with Gasteiger partial charge in [-0.1, -0.05) is 42.5 Å². The van der Waals surface area contributed by atoms with Gasteiger partial charge >= 0.3 is 5.97 Å². The Kier molecular flexibility index (Phi) is 5.78. The molecule has 22 heavy (non-hydrogen) atoms. The SMILES string of the molecule is CCOC(=O)/C(=C/c1ccccc1)CNc1cccc(C)c1. The van der Waals surface area contributed by atoms with E-state index in [9.17, 15) is 4.79 Å². The molecule has 0 bridgehead atoms. The van der Waals surface area contributed by atoms with Crippen molar-refractivity contribution in [1.29, 1.82) is 0 Å². The first-order valence-corrected chi connectivity index (χ1v) is 7.42. The van der Waals surface area contributed by atoms with Crippen LogP contribution in [0.4, 0.5) is 5.69 Å². The molecule has 0 saturated carbocycles. The van der Waals surface area contributed by atoms with Gasteiger partial charge in [-0.05, 0) is 43.2 Å². The Morgan fingerprint density at radius 2 is 1.91 bits per heavy atom. The quantitative estimate of drug-likeness (QED) is 0.645. The molecule has 0 aromatic heterocycles. The van der Waals surface area contributed by atoms with Crippen LogP contribution in [0.3, 0.4) is 0 Å². The number of carbonyl (C=O) groups excluding carboxylic acids is 1. The number of hydrogen-bond acceptors (Lipinski definition) is 3. The molecular weight excluding hydrogens is 274 g/mol. The summed E-state index contributed by atoms with van der Waals surface area (Å²) in [6.07, 6.45) is 1.86. The second kappa shape index (κ2) is 8.03. The van der Waals surface area contributed by atoms with Crippen molar-refractivity contribution < 1.29 is 9.53 Å². The fourth-order valence-electron chi connectivity index (χ4n) is 2.11. The maximum Gasteiger partial charge on any atom is 0.335 e. The molecule has 0 saturated heterocycles. The fraction of sp³-hybridized carbons (Fsp3) is 0.211. The highest BCUT2D eigenvalue weighted by Gasteiger charge is 2.10. The minimum absolute atomic E-state index is 0.286. The van der Waals surface area contributed by atoms with Crippen molar-refractivity contribution in [1.82, 2.24) is 0 Å². The number of anilines is 1. The molecule has 0 aliphatic rings. The minimum atomic E-state index is -0.286. The van der Waals surface area contributed by atoms with Gasteiger partial charge in [-0.25, -0.2) is 4.79 Å². The number of carbonyl (C=O) groups is 1. The smallest absolute Gasteiger partial charge is 0.335 e. The Morgan fingerprint density at radius 3 is 2.59 bits per heavy atom. The Labute approximate surface area is 131 Å². The average molecular weight is 295 g/mol. The van der Waals surface area contributed by atoms with Crippen molar-refractivity contribution in [3.8, 4) is 0 Å². The molecule has 0 aliphatic carbocycles. The Balaban J connectivity index is 2.14. The van der Waals surface area contributed by atoms with Crippen molar-refractivity contribution in [2.45, 2.75) is 13.8 Å². The van der Waals surface area contributed by atoms with Crippen LogP contribution in [0.5, 0.6) is 0 Å². The van der Waals surface area contributed by atoms with E-state index in [0.29, 0.717) is 18.7 Å². The van der Waals surface area contributed by atoms with E-state index in [0.717, 1.165) is 11.3 Å². The highest BCUT2D eigenvalue weighted by Crippen LogP contribution is 2.13. The normalized spacial score (nSPS) is 11.1.